The fourth-order valence-electron chi connectivity index (χ4n) is 2.47. The minimum atomic E-state index is -4.35. The van der Waals surface area contributed by atoms with Crippen molar-refractivity contribution in [1.82, 2.24) is 0 Å². The highest BCUT2D eigenvalue weighted by atomic mass is 32.2. The maximum absolute atomic E-state index is 12.7. The average Bonchev–Trinajstić information content (AvgIpc) is 2.62. The maximum atomic E-state index is 12.7. The molecule has 0 saturated carbocycles. The summed E-state index contributed by atoms with van der Waals surface area (Å²) in [6.45, 7) is 0. The lowest BCUT2D eigenvalue weighted by molar-refractivity contribution is -0.137. The zero-order valence-electron chi connectivity index (χ0n) is 13.5. The number of alkyl halides is 3. The first kappa shape index (κ1) is 18.1. The summed E-state index contributed by atoms with van der Waals surface area (Å²) in [7, 11) is 0. The molecule has 0 aliphatic carbocycles. The minimum absolute atomic E-state index is 0.400. The molecule has 1 amide bonds. The molecule has 0 aliphatic rings. The number of primary amides is 1. The second-order valence-electron chi connectivity index (χ2n) is 5.57. The molecule has 0 saturated heterocycles. The van der Waals surface area contributed by atoms with E-state index in [2.05, 4.69) is 0 Å². The van der Waals surface area contributed by atoms with E-state index in [-0.39, 0.29) is 0 Å². The van der Waals surface area contributed by atoms with Gasteiger partial charge < -0.3 is 5.73 Å². The van der Waals surface area contributed by atoms with Gasteiger partial charge in [0.15, 0.2) is 0 Å². The quantitative estimate of drug-likeness (QED) is 0.645. The van der Waals surface area contributed by atoms with Crippen molar-refractivity contribution in [2.45, 2.75) is 16.0 Å². The van der Waals surface area contributed by atoms with Gasteiger partial charge in [-0.1, -0.05) is 42.1 Å². The zero-order valence-corrected chi connectivity index (χ0v) is 14.3. The van der Waals surface area contributed by atoms with Crippen molar-refractivity contribution in [1.29, 1.82) is 0 Å². The van der Waals surface area contributed by atoms with Crippen LogP contribution in [-0.4, -0.2) is 5.91 Å². The molecule has 6 heteroatoms. The van der Waals surface area contributed by atoms with E-state index < -0.39 is 17.6 Å². The van der Waals surface area contributed by atoms with Crippen molar-refractivity contribution in [2.24, 2.45) is 5.73 Å². The summed E-state index contributed by atoms with van der Waals surface area (Å²) in [6.07, 6.45) is -4.35. The number of hydrogen-bond acceptors (Lipinski definition) is 2. The number of carbonyl (C=O) groups is 1. The van der Waals surface area contributed by atoms with E-state index in [9.17, 15) is 18.0 Å². The van der Waals surface area contributed by atoms with Crippen LogP contribution in [0.4, 0.5) is 13.2 Å². The molecule has 3 rings (SSSR count). The van der Waals surface area contributed by atoms with E-state index in [1.165, 1.54) is 23.9 Å². The topological polar surface area (TPSA) is 43.1 Å². The van der Waals surface area contributed by atoms with Crippen molar-refractivity contribution in [2.75, 3.05) is 0 Å². The fourth-order valence-corrected chi connectivity index (χ4v) is 3.44. The molecule has 0 heterocycles. The van der Waals surface area contributed by atoms with Crippen molar-refractivity contribution in [3.05, 3.63) is 83.9 Å². The van der Waals surface area contributed by atoms with E-state index >= 15 is 0 Å². The second-order valence-corrected chi connectivity index (χ2v) is 6.68. The molecule has 0 bridgehead atoms. The number of rotatable bonds is 4. The van der Waals surface area contributed by atoms with Crippen LogP contribution in [0.15, 0.2) is 82.6 Å². The third kappa shape index (κ3) is 4.08. The predicted molar refractivity (Wildman–Crippen MR) is 96.0 cm³/mol. The molecule has 0 aromatic heterocycles. The summed E-state index contributed by atoms with van der Waals surface area (Å²) in [5.74, 6) is -0.514. The molecule has 26 heavy (non-hydrogen) atoms. The van der Waals surface area contributed by atoms with Gasteiger partial charge in [0.1, 0.15) is 0 Å². The van der Waals surface area contributed by atoms with Crippen molar-refractivity contribution >= 4 is 17.7 Å². The first-order valence-electron chi connectivity index (χ1n) is 7.69. The van der Waals surface area contributed by atoms with Gasteiger partial charge >= 0.3 is 6.18 Å². The van der Waals surface area contributed by atoms with Gasteiger partial charge in [-0.05, 0) is 53.6 Å². The maximum Gasteiger partial charge on any atom is 0.416 e. The minimum Gasteiger partial charge on any atom is -0.366 e. The highest BCUT2D eigenvalue weighted by molar-refractivity contribution is 7.99. The Labute approximate surface area is 152 Å². The predicted octanol–water partition coefficient (Wildman–Crippen LogP) is 5.62. The van der Waals surface area contributed by atoms with Gasteiger partial charge in [0, 0.05) is 15.4 Å². The Kier molecular flexibility index (Phi) is 5.04. The first-order chi connectivity index (χ1) is 12.3. The lowest BCUT2D eigenvalue weighted by Crippen LogP contribution is -2.10. The Bertz CT molecular complexity index is 936. The van der Waals surface area contributed by atoms with Gasteiger partial charge in [-0.2, -0.15) is 13.2 Å². The van der Waals surface area contributed by atoms with E-state index in [0.29, 0.717) is 10.5 Å². The van der Waals surface area contributed by atoms with Crippen LogP contribution < -0.4 is 5.73 Å². The van der Waals surface area contributed by atoms with E-state index in [1.54, 1.807) is 18.2 Å². The Balaban J connectivity index is 1.93. The van der Waals surface area contributed by atoms with E-state index in [4.69, 9.17) is 5.73 Å². The van der Waals surface area contributed by atoms with Gasteiger partial charge in [-0.25, -0.2) is 0 Å². The molecule has 3 aromatic carbocycles. The number of amides is 1. The molecule has 2 nitrogen and oxygen atoms in total. The van der Waals surface area contributed by atoms with E-state index in [1.807, 2.05) is 30.3 Å². The molecule has 0 unspecified atom stereocenters. The second kappa shape index (κ2) is 7.25. The lowest BCUT2D eigenvalue weighted by atomic mass is 10.0. The summed E-state index contributed by atoms with van der Waals surface area (Å²) in [5.41, 5.74) is 6.75. The highest BCUT2D eigenvalue weighted by Gasteiger charge is 2.29. The lowest BCUT2D eigenvalue weighted by Gasteiger charge is -2.11. The van der Waals surface area contributed by atoms with Crippen LogP contribution >= 0.6 is 11.8 Å². The van der Waals surface area contributed by atoms with Crippen molar-refractivity contribution in [3.8, 4) is 11.1 Å². The van der Waals surface area contributed by atoms with Crippen LogP contribution in [0.2, 0.25) is 0 Å². The van der Waals surface area contributed by atoms with Crippen LogP contribution in [0.5, 0.6) is 0 Å². The summed E-state index contributed by atoms with van der Waals surface area (Å²) < 4.78 is 38.1. The zero-order chi connectivity index (χ0) is 18.7. The van der Waals surface area contributed by atoms with Gasteiger partial charge in [0.05, 0.1) is 5.56 Å². The molecule has 0 atom stereocenters. The number of halogens is 3. The SMILES string of the molecule is NC(=O)c1cccc(-c2ccccc2Sc2ccc(C(F)(F)F)cc2)c1. The van der Waals surface area contributed by atoms with Crippen molar-refractivity contribution < 1.29 is 18.0 Å². The molecular weight excluding hydrogens is 359 g/mol. The monoisotopic (exact) mass is 373 g/mol. The third-order valence-electron chi connectivity index (χ3n) is 3.75. The van der Waals surface area contributed by atoms with Gasteiger partial charge in [-0.3, -0.25) is 4.79 Å². The Morgan fingerprint density at radius 3 is 2.23 bits per heavy atom. The largest absolute Gasteiger partial charge is 0.416 e. The summed E-state index contributed by atoms with van der Waals surface area (Å²) in [5, 5.41) is 0. The summed E-state index contributed by atoms with van der Waals surface area (Å²) in [6, 6.07) is 19.5. The summed E-state index contributed by atoms with van der Waals surface area (Å²) >= 11 is 1.36. The molecule has 0 radical (unpaired) electrons. The van der Waals surface area contributed by atoms with Crippen LogP contribution in [0.3, 0.4) is 0 Å². The van der Waals surface area contributed by atoms with Crippen molar-refractivity contribution in [3.63, 3.8) is 0 Å². The third-order valence-corrected chi connectivity index (χ3v) is 4.84. The average molecular weight is 373 g/mol. The molecule has 132 valence electrons. The Morgan fingerprint density at radius 1 is 0.885 bits per heavy atom. The summed E-state index contributed by atoms with van der Waals surface area (Å²) in [4.78, 5) is 13.0. The standard InChI is InChI=1S/C20H14F3NOS/c21-20(22,23)15-8-10-16(11-9-15)26-18-7-2-1-6-17(18)13-4-3-5-14(12-13)19(24)25/h1-12H,(H2,24,25). The van der Waals surface area contributed by atoms with Crippen LogP contribution in [0.25, 0.3) is 11.1 Å². The number of nitrogens with two attached hydrogens (primary N) is 1. The number of hydrogen-bond donors (Lipinski definition) is 1. The molecule has 3 aromatic rings. The van der Waals surface area contributed by atoms with Crippen LogP contribution in [-0.2, 0) is 6.18 Å². The van der Waals surface area contributed by atoms with Gasteiger partial charge in [0.2, 0.25) is 5.91 Å². The molecule has 2 N–H and O–H groups in total. The van der Waals surface area contributed by atoms with Crippen LogP contribution in [0.1, 0.15) is 15.9 Å². The molecule has 0 fully saturated rings. The molecular formula is C20H14F3NOS. The number of carbonyl (C=O) groups excluding carboxylic acids is 1. The Morgan fingerprint density at radius 2 is 1.58 bits per heavy atom. The van der Waals surface area contributed by atoms with Gasteiger partial charge in [0.25, 0.3) is 0 Å². The normalized spacial score (nSPS) is 11.3. The van der Waals surface area contributed by atoms with E-state index in [0.717, 1.165) is 28.2 Å². The molecule has 0 spiro atoms. The smallest absolute Gasteiger partial charge is 0.366 e. The molecule has 0 aliphatic heterocycles. The highest BCUT2D eigenvalue weighted by Crippen LogP contribution is 2.37. The fraction of sp³-hybridized carbons (Fsp3) is 0.0500. The Hall–Kier alpha value is -2.73. The first-order valence-corrected chi connectivity index (χ1v) is 8.50. The van der Waals surface area contributed by atoms with Gasteiger partial charge in [-0.15, -0.1) is 0 Å². The van der Waals surface area contributed by atoms with Crippen LogP contribution in [0, 0.1) is 0 Å². The number of benzene rings is 3.